The lowest BCUT2D eigenvalue weighted by Gasteiger charge is -2.16. The van der Waals surface area contributed by atoms with Crippen LogP contribution in [0.1, 0.15) is 12.8 Å². The van der Waals surface area contributed by atoms with Gasteiger partial charge in [-0.15, -0.1) is 0 Å². The second-order valence-electron chi connectivity index (χ2n) is 4.92. The molecule has 0 aromatic heterocycles. The van der Waals surface area contributed by atoms with Gasteiger partial charge >= 0.3 is 22.4 Å². The first kappa shape index (κ1) is 21.2. The number of rotatable bonds is 1. The number of carbonyl (C=O) groups excluding carboxylic acids is 4. The normalized spacial score (nSPS) is 24.2. The number of thiol groups is 1. The van der Waals surface area contributed by atoms with Gasteiger partial charge in [-0.1, -0.05) is 0 Å². The van der Waals surface area contributed by atoms with E-state index in [-0.39, 0.29) is 18.6 Å². The molecule has 26 heavy (non-hydrogen) atoms. The summed E-state index contributed by atoms with van der Waals surface area (Å²) in [5.41, 5.74) is 5.61. The number of nitrogens with one attached hydrogen (secondary N) is 2. The van der Waals surface area contributed by atoms with Gasteiger partial charge in [-0.2, -0.15) is 12.6 Å². The van der Waals surface area contributed by atoms with E-state index < -0.39 is 42.4 Å². The van der Waals surface area contributed by atoms with Crippen LogP contribution in [-0.4, -0.2) is 71.3 Å². The fourth-order valence-electron chi connectivity index (χ4n) is 1.59. The summed E-state index contributed by atoms with van der Waals surface area (Å²) in [6.45, 7) is 5.94. The summed E-state index contributed by atoms with van der Waals surface area (Å²) in [5, 5.41) is 11.2. The topological polar surface area (TPSA) is 168 Å². The molecule has 142 valence electrons. The molecule has 1 rings (SSSR count). The lowest BCUT2D eigenvalue weighted by atomic mass is 10.1. The van der Waals surface area contributed by atoms with Crippen LogP contribution in [-0.2, 0) is 28.9 Å². The zero-order valence-electron chi connectivity index (χ0n) is 13.7. The molecular formula is C12H19N7O6S+2. The van der Waals surface area contributed by atoms with Gasteiger partial charge in [0.05, 0.1) is 0 Å². The van der Waals surface area contributed by atoms with Crippen molar-refractivity contribution >= 4 is 49.8 Å². The first-order valence-electron chi connectivity index (χ1n) is 7.22. The monoisotopic (exact) mass is 389 g/mol. The molecule has 13 nitrogen and oxygen atoms in total. The van der Waals surface area contributed by atoms with Crippen LogP contribution in [0.5, 0.6) is 0 Å². The molecule has 2 atom stereocenters. The van der Waals surface area contributed by atoms with Gasteiger partial charge in [-0.3, -0.25) is 9.59 Å². The summed E-state index contributed by atoms with van der Waals surface area (Å²) in [7, 11) is 0. The first-order chi connectivity index (χ1) is 12.2. The van der Waals surface area contributed by atoms with E-state index in [4.69, 9.17) is 5.73 Å². The Kier molecular flexibility index (Phi) is 8.30. The highest BCUT2D eigenvalue weighted by Gasteiger charge is 2.26. The molecule has 0 aromatic carbocycles. The Labute approximate surface area is 153 Å². The van der Waals surface area contributed by atoms with Crippen molar-refractivity contribution in [1.82, 2.24) is 10.6 Å². The molecule has 0 saturated heterocycles. The van der Waals surface area contributed by atoms with Crippen molar-refractivity contribution in [2.45, 2.75) is 24.9 Å². The van der Waals surface area contributed by atoms with Crippen molar-refractivity contribution in [3.63, 3.8) is 0 Å². The fraction of sp³-hybridized carbons (Fsp3) is 0.500. The van der Waals surface area contributed by atoms with Gasteiger partial charge in [0.1, 0.15) is 18.6 Å². The highest BCUT2D eigenvalue weighted by molar-refractivity contribution is 7.80. The van der Waals surface area contributed by atoms with E-state index in [1.807, 2.05) is 0 Å². The van der Waals surface area contributed by atoms with E-state index in [9.17, 15) is 19.2 Å². The Morgan fingerprint density at radius 3 is 2.42 bits per heavy atom. The SMILES string of the molecule is C=[N+]1N=N[N+](=C)OC(=O)C(N)CCC(=O)NC(CS)C(=O)NCC(=O)O1. The highest BCUT2D eigenvalue weighted by Crippen LogP contribution is 2.00. The second kappa shape index (κ2) is 10.2. The molecule has 0 fully saturated rings. The van der Waals surface area contributed by atoms with Crippen LogP contribution in [0.2, 0.25) is 0 Å². The second-order valence-corrected chi connectivity index (χ2v) is 5.29. The Balaban J connectivity index is 2.89. The maximum atomic E-state index is 12.0. The summed E-state index contributed by atoms with van der Waals surface area (Å²) in [4.78, 5) is 57.2. The fourth-order valence-corrected chi connectivity index (χ4v) is 1.85. The van der Waals surface area contributed by atoms with Crippen LogP contribution < -0.4 is 16.4 Å². The minimum Gasteiger partial charge on any atom is -0.344 e. The zero-order chi connectivity index (χ0) is 19.7. The molecule has 0 bridgehead atoms. The van der Waals surface area contributed by atoms with Crippen molar-refractivity contribution in [3.8, 4) is 0 Å². The van der Waals surface area contributed by atoms with Crippen LogP contribution in [0.4, 0.5) is 0 Å². The van der Waals surface area contributed by atoms with Gasteiger partial charge in [0.2, 0.25) is 11.8 Å². The predicted molar refractivity (Wildman–Crippen MR) is 87.8 cm³/mol. The maximum absolute atomic E-state index is 12.0. The number of hydrogen-bond acceptors (Lipinski definition) is 10. The van der Waals surface area contributed by atoms with Crippen molar-refractivity contribution in [2.24, 2.45) is 16.2 Å². The van der Waals surface area contributed by atoms with Crippen LogP contribution in [0.15, 0.2) is 10.4 Å². The summed E-state index contributed by atoms with van der Waals surface area (Å²) >= 11 is 3.97. The predicted octanol–water partition coefficient (Wildman–Crippen LogP) is -2.74. The van der Waals surface area contributed by atoms with Gasteiger partial charge in [0.25, 0.3) is 0 Å². The van der Waals surface area contributed by atoms with E-state index in [0.717, 1.165) is 0 Å². The van der Waals surface area contributed by atoms with E-state index >= 15 is 0 Å². The zero-order valence-corrected chi connectivity index (χ0v) is 14.6. The third-order valence-electron chi connectivity index (χ3n) is 2.87. The van der Waals surface area contributed by atoms with Gasteiger partial charge in [-0.05, 0) is 6.42 Å². The molecule has 0 saturated carbocycles. The number of nitrogens with zero attached hydrogens (tertiary/aromatic N) is 4. The first-order valence-corrected chi connectivity index (χ1v) is 7.85. The molecule has 0 spiro atoms. The van der Waals surface area contributed by atoms with Crippen LogP contribution >= 0.6 is 12.6 Å². The Morgan fingerprint density at radius 1 is 1.19 bits per heavy atom. The molecule has 0 aliphatic carbocycles. The summed E-state index contributed by atoms with van der Waals surface area (Å²) in [6, 6.07) is -2.14. The maximum Gasteiger partial charge on any atom is 0.434 e. The summed E-state index contributed by atoms with van der Waals surface area (Å²) in [5.74, 6) is -3.06. The molecule has 2 amide bonds. The summed E-state index contributed by atoms with van der Waals surface area (Å²) < 4.78 is 0. The Hall–Kier alpha value is -2.87. The van der Waals surface area contributed by atoms with E-state index in [0.29, 0.717) is 9.70 Å². The van der Waals surface area contributed by atoms with Crippen molar-refractivity contribution in [1.29, 1.82) is 0 Å². The molecule has 2 unspecified atom stereocenters. The van der Waals surface area contributed by atoms with Gasteiger partial charge in [-0.25, -0.2) is 19.3 Å². The quantitative estimate of drug-likeness (QED) is 0.214. The van der Waals surface area contributed by atoms with Gasteiger partial charge in [0.15, 0.2) is 23.1 Å². The van der Waals surface area contributed by atoms with Crippen molar-refractivity contribution in [2.75, 3.05) is 12.3 Å². The summed E-state index contributed by atoms with van der Waals surface area (Å²) in [6.07, 6.45) is -0.208. The lowest BCUT2D eigenvalue weighted by molar-refractivity contribution is -0.811. The molecule has 0 aromatic rings. The van der Waals surface area contributed by atoms with Crippen LogP contribution in [0.3, 0.4) is 0 Å². The average molecular weight is 389 g/mol. The third kappa shape index (κ3) is 7.35. The van der Waals surface area contributed by atoms with Gasteiger partial charge in [0, 0.05) is 12.2 Å². The van der Waals surface area contributed by atoms with Crippen molar-refractivity contribution < 1.29 is 38.5 Å². The molecular weight excluding hydrogens is 370 g/mol. The Morgan fingerprint density at radius 2 is 1.81 bits per heavy atom. The highest BCUT2D eigenvalue weighted by atomic mass is 32.1. The molecule has 0 radical (unpaired) electrons. The number of hydrogen-bond donors (Lipinski definition) is 4. The number of nitrogens with two attached hydrogens (primary N) is 1. The lowest BCUT2D eigenvalue weighted by Crippen LogP contribution is -2.49. The third-order valence-corrected chi connectivity index (χ3v) is 3.23. The van der Waals surface area contributed by atoms with Gasteiger partial charge < -0.3 is 16.4 Å². The van der Waals surface area contributed by atoms with Crippen molar-refractivity contribution in [3.05, 3.63) is 0 Å². The van der Waals surface area contributed by atoms with E-state index in [1.54, 1.807) is 0 Å². The Bertz CT molecular complexity index is 652. The van der Waals surface area contributed by atoms with Crippen LogP contribution in [0, 0.1) is 0 Å². The molecule has 1 aliphatic rings. The largest absolute Gasteiger partial charge is 0.434 e. The molecule has 1 heterocycles. The molecule has 4 N–H and O–H groups in total. The number of amides is 2. The minimum atomic E-state index is -1.15. The smallest absolute Gasteiger partial charge is 0.344 e. The molecule has 1 aliphatic heterocycles. The minimum absolute atomic E-state index is 0.0210. The number of carbonyl (C=O) groups is 4. The van der Waals surface area contributed by atoms with Crippen LogP contribution in [0.25, 0.3) is 0 Å². The standard InChI is InChI=1S/C12H17N7O6S/c1-18-16-17-19(2)25-12(23)7(13)3-4-9(20)15-8(6-26)11(22)14-5-10(21)24-18/h7-8H,1-6,13H2,(H-2,14,15,20,22,26)/p+2. The molecule has 14 heteroatoms. The van der Waals surface area contributed by atoms with E-state index in [1.165, 1.54) is 0 Å². The average Bonchev–Trinajstić information content (AvgIpc) is 2.59. The van der Waals surface area contributed by atoms with E-state index in [2.05, 4.69) is 56.8 Å².